The molecule has 0 unspecified atom stereocenters. The Bertz CT molecular complexity index is 374. The third kappa shape index (κ3) is 3.39. The van der Waals surface area contributed by atoms with Crippen molar-refractivity contribution in [3.63, 3.8) is 0 Å². The monoisotopic (exact) mass is 259 g/mol. The van der Waals surface area contributed by atoms with Crippen LogP contribution >= 0.6 is 0 Å². The molecule has 1 saturated carbocycles. The molecule has 0 saturated heterocycles. The van der Waals surface area contributed by atoms with E-state index in [1.54, 1.807) is 0 Å². The maximum absolute atomic E-state index is 3.69. The van der Waals surface area contributed by atoms with Crippen molar-refractivity contribution in [2.75, 3.05) is 13.1 Å². The summed E-state index contributed by atoms with van der Waals surface area (Å²) in [7, 11) is 0. The summed E-state index contributed by atoms with van der Waals surface area (Å²) in [6.45, 7) is 11.5. The summed E-state index contributed by atoms with van der Waals surface area (Å²) in [5.74, 6) is 2.46. The normalized spacial score (nSPS) is 26.7. The standard InChI is InChI=1S/C18H29N/c1-14(2)12-19-13-18(10-16(11-18)15(3)4)17-8-6-5-7-9-17/h5-9,14-16,19H,10-13H2,1-4H3. The van der Waals surface area contributed by atoms with Crippen LogP contribution in [0, 0.1) is 17.8 Å². The highest BCUT2D eigenvalue weighted by atomic mass is 14.9. The molecule has 1 aromatic carbocycles. The molecule has 2 rings (SSSR count). The summed E-state index contributed by atoms with van der Waals surface area (Å²) in [4.78, 5) is 0. The summed E-state index contributed by atoms with van der Waals surface area (Å²) in [5, 5.41) is 3.69. The Morgan fingerprint density at radius 1 is 1.11 bits per heavy atom. The average Bonchev–Trinajstić information content (AvgIpc) is 2.32. The number of hydrogen-bond donors (Lipinski definition) is 1. The quantitative estimate of drug-likeness (QED) is 0.806. The van der Waals surface area contributed by atoms with Gasteiger partial charge in [-0.05, 0) is 42.7 Å². The third-order valence-corrected chi connectivity index (χ3v) is 4.65. The van der Waals surface area contributed by atoms with Gasteiger partial charge in [-0.3, -0.25) is 0 Å². The van der Waals surface area contributed by atoms with Gasteiger partial charge in [0.25, 0.3) is 0 Å². The van der Waals surface area contributed by atoms with Crippen LogP contribution in [0.4, 0.5) is 0 Å². The molecule has 0 bridgehead atoms. The summed E-state index contributed by atoms with van der Waals surface area (Å²) in [5.41, 5.74) is 1.92. The van der Waals surface area contributed by atoms with Gasteiger partial charge in [0.1, 0.15) is 0 Å². The summed E-state index contributed by atoms with van der Waals surface area (Å²) in [6, 6.07) is 11.1. The highest BCUT2D eigenvalue weighted by Crippen LogP contribution is 2.50. The molecule has 1 N–H and O–H groups in total. The van der Waals surface area contributed by atoms with Crippen LogP contribution in [0.25, 0.3) is 0 Å². The second-order valence-electron chi connectivity index (χ2n) is 7.08. The van der Waals surface area contributed by atoms with Crippen LogP contribution in [0.3, 0.4) is 0 Å². The molecule has 0 amide bonds. The van der Waals surface area contributed by atoms with Gasteiger partial charge in [0.05, 0.1) is 0 Å². The molecule has 1 nitrogen and oxygen atoms in total. The van der Waals surface area contributed by atoms with E-state index in [1.165, 1.54) is 18.4 Å². The molecular formula is C18H29N. The molecule has 106 valence electrons. The molecular weight excluding hydrogens is 230 g/mol. The van der Waals surface area contributed by atoms with Crippen LogP contribution in [-0.4, -0.2) is 13.1 Å². The Balaban J connectivity index is 2.03. The molecule has 1 aliphatic rings. The zero-order valence-corrected chi connectivity index (χ0v) is 12.9. The lowest BCUT2D eigenvalue weighted by atomic mass is 9.56. The van der Waals surface area contributed by atoms with Crippen LogP contribution in [-0.2, 0) is 5.41 Å². The molecule has 1 aromatic rings. The van der Waals surface area contributed by atoms with Crippen molar-refractivity contribution < 1.29 is 0 Å². The third-order valence-electron chi connectivity index (χ3n) is 4.65. The minimum atomic E-state index is 0.394. The number of hydrogen-bond acceptors (Lipinski definition) is 1. The predicted molar refractivity (Wildman–Crippen MR) is 83.4 cm³/mol. The van der Waals surface area contributed by atoms with Crippen molar-refractivity contribution in [2.45, 2.75) is 46.0 Å². The van der Waals surface area contributed by atoms with E-state index in [0.29, 0.717) is 5.41 Å². The Hall–Kier alpha value is -0.820. The molecule has 0 aliphatic heterocycles. The summed E-state index contributed by atoms with van der Waals surface area (Å²) in [6.07, 6.45) is 2.69. The highest BCUT2D eigenvalue weighted by molar-refractivity contribution is 5.29. The van der Waals surface area contributed by atoms with Crippen LogP contribution in [0.1, 0.15) is 46.1 Å². The average molecular weight is 259 g/mol. The summed E-state index contributed by atoms with van der Waals surface area (Å²) >= 11 is 0. The number of nitrogens with one attached hydrogen (secondary N) is 1. The van der Waals surface area contributed by atoms with E-state index < -0.39 is 0 Å². The van der Waals surface area contributed by atoms with Gasteiger partial charge in [0, 0.05) is 12.0 Å². The topological polar surface area (TPSA) is 12.0 Å². The van der Waals surface area contributed by atoms with Gasteiger partial charge in [-0.25, -0.2) is 0 Å². The number of rotatable bonds is 6. The van der Waals surface area contributed by atoms with Crippen LogP contribution in [0.15, 0.2) is 30.3 Å². The van der Waals surface area contributed by atoms with Gasteiger partial charge in [0.2, 0.25) is 0 Å². The lowest BCUT2D eigenvalue weighted by Crippen LogP contribution is -2.50. The van der Waals surface area contributed by atoms with Gasteiger partial charge in [-0.1, -0.05) is 58.0 Å². The van der Waals surface area contributed by atoms with Gasteiger partial charge in [0.15, 0.2) is 0 Å². The minimum absolute atomic E-state index is 0.394. The van der Waals surface area contributed by atoms with Crippen molar-refractivity contribution in [3.8, 4) is 0 Å². The van der Waals surface area contributed by atoms with Crippen molar-refractivity contribution in [1.29, 1.82) is 0 Å². The SMILES string of the molecule is CC(C)CNCC1(c2ccccc2)CC(C(C)C)C1. The molecule has 0 heterocycles. The van der Waals surface area contributed by atoms with E-state index >= 15 is 0 Å². The summed E-state index contributed by atoms with van der Waals surface area (Å²) < 4.78 is 0. The van der Waals surface area contributed by atoms with Gasteiger partial charge >= 0.3 is 0 Å². The van der Waals surface area contributed by atoms with Gasteiger partial charge in [-0.15, -0.1) is 0 Å². The zero-order chi connectivity index (χ0) is 13.9. The first-order valence-corrected chi connectivity index (χ1v) is 7.80. The van der Waals surface area contributed by atoms with Crippen molar-refractivity contribution >= 4 is 0 Å². The Morgan fingerprint density at radius 2 is 1.74 bits per heavy atom. The molecule has 1 aliphatic carbocycles. The second kappa shape index (κ2) is 6.09. The molecule has 0 spiro atoms. The molecule has 19 heavy (non-hydrogen) atoms. The number of benzene rings is 1. The molecule has 0 atom stereocenters. The molecule has 1 fully saturated rings. The molecule has 0 aromatic heterocycles. The van der Waals surface area contributed by atoms with Crippen molar-refractivity contribution in [3.05, 3.63) is 35.9 Å². The largest absolute Gasteiger partial charge is 0.316 e. The first-order valence-electron chi connectivity index (χ1n) is 7.80. The van der Waals surface area contributed by atoms with Gasteiger partial charge in [-0.2, -0.15) is 0 Å². The van der Waals surface area contributed by atoms with E-state index in [1.807, 2.05) is 0 Å². The maximum Gasteiger partial charge on any atom is 0.00832 e. The van der Waals surface area contributed by atoms with Crippen LogP contribution in [0.5, 0.6) is 0 Å². The van der Waals surface area contributed by atoms with E-state index in [2.05, 4.69) is 63.3 Å². The van der Waals surface area contributed by atoms with E-state index in [9.17, 15) is 0 Å². The van der Waals surface area contributed by atoms with Crippen LogP contribution in [0.2, 0.25) is 0 Å². The Morgan fingerprint density at radius 3 is 2.26 bits per heavy atom. The van der Waals surface area contributed by atoms with Crippen LogP contribution < -0.4 is 5.32 Å². The lowest BCUT2D eigenvalue weighted by Gasteiger charge is -2.50. The smallest absolute Gasteiger partial charge is 0.00832 e. The fourth-order valence-electron chi connectivity index (χ4n) is 3.29. The van der Waals surface area contributed by atoms with E-state index in [0.717, 1.165) is 30.8 Å². The zero-order valence-electron chi connectivity index (χ0n) is 12.9. The maximum atomic E-state index is 3.69. The Kier molecular flexibility index (Phi) is 4.67. The minimum Gasteiger partial charge on any atom is -0.316 e. The van der Waals surface area contributed by atoms with Crippen molar-refractivity contribution in [2.24, 2.45) is 17.8 Å². The van der Waals surface area contributed by atoms with Crippen molar-refractivity contribution in [1.82, 2.24) is 5.32 Å². The fourth-order valence-corrected chi connectivity index (χ4v) is 3.29. The first-order chi connectivity index (χ1) is 9.03. The molecule has 0 radical (unpaired) electrons. The van der Waals surface area contributed by atoms with E-state index in [4.69, 9.17) is 0 Å². The second-order valence-corrected chi connectivity index (χ2v) is 7.08. The Labute approximate surface area is 118 Å². The lowest BCUT2D eigenvalue weighted by molar-refractivity contribution is 0.0971. The van der Waals surface area contributed by atoms with E-state index in [-0.39, 0.29) is 0 Å². The molecule has 1 heteroatoms. The first kappa shape index (κ1) is 14.6. The highest BCUT2D eigenvalue weighted by Gasteiger charge is 2.45. The van der Waals surface area contributed by atoms with Gasteiger partial charge < -0.3 is 5.32 Å². The predicted octanol–water partition coefficient (Wildman–Crippen LogP) is 4.24. The fraction of sp³-hybridized carbons (Fsp3) is 0.667.